The number of hydrogen-bond acceptors (Lipinski definition) is 4. The van der Waals surface area contributed by atoms with Crippen LogP contribution in [0.25, 0.3) is 0 Å². The molecule has 0 heterocycles. The molecule has 0 radical (unpaired) electrons. The SMILES string of the molecule is CCCN(CC)CCNCCOCCOC. The topological polar surface area (TPSA) is 33.7 Å². The van der Waals surface area contributed by atoms with Gasteiger partial charge in [0.1, 0.15) is 0 Å². The molecule has 1 N–H and O–H groups in total. The Hall–Kier alpha value is -0.160. The first kappa shape index (κ1) is 15.8. The Morgan fingerprint density at radius 3 is 2.44 bits per heavy atom. The van der Waals surface area contributed by atoms with E-state index in [4.69, 9.17) is 9.47 Å². The Kier molecular flexibility index (Phi) is 12.8. The van der Waals surface area contributed by atoms with Crippen LogP contribution < -0.4 is 5.32 Å². The van der Waals surface area contributed by atoms with E-state index in [2.05, 4.69) is 24.1 Å². The van der Waals surface area contributed by atoms with Gasteiger partial charge < -0.3 is 19.7 Å². The van der Waals surface area contributed by atoms with Gasteiger partial charge in [-0.05, 0) is 19.5 Å². The van der Waals surface area contributed by atoms with Gasteiger partial charge >= 0.3 is 0 Å². The van der Waals surface area contributed by atoms with Crippen LogP contribution in [0.5, 0.6) is 0 Å². The van der Waals surface area contributed by atoms with E-state index in [0.717, 1.165) is 32.8 Å². The maximum absolute atomic E-state index is 5.35. The first-order valence-electron chi connectivity index (χ1n) is 6.34. The smallest absolute Gasteiger partial charge is 0.0700 e. The molecule has 0 aromatic heterocycles. The molecule has 0 aliphatic rings. The second-order valence-corrected chi connectivity index (χ2v) is 3.79. The highest BCUT2D eigenvalue weighted by Crippen LogP contribution is 1.88. The van der Waals surface area contributed by atoms with Crippen molar-refractivity contribution in [2.24, 2.45) is 0 Å². The minimum absolute atomic E-state index is 0.681. The molecule has 0 rings (SSSR count). The molecule has 0 fully saturated rings. The lowest BCUT2D eigenvalue weighted by Gasteiger charge is -2.19. The fourth-order valence-corrected chi connectivity index (χ4v) is 1.50. The maximum Gasteiger partial charge on any atom is 0.0700 e. The minimum atomic E-state index is 0.681. The third-order valence-corrected chi connectivity index (χ3v) is 2.45. The number of methoxy groups -OCH3 is 1. The van der Waals surface area contributed by atoms with E-state index in [1.807, 2.05) is 0 Å². The van der Waals surface area contributed by atoms with Crippen molar-refractivity contribution in [3.05, 3.63) is 0 Å². The van der Waals surface area contributed by atoms with Crippen LogP contribution in [-0.4, -0.2) is 64.6 Å². The summed E-state index contributed by atoms with van der Waals surface area (Å²) in [6, 6.07) is 0. The van der Waals surface area contributed by atoms with Crippen LogP contribution >= 0.6 is 0 Å². The molecule has 0 aliphatic heterocycles. The molecule has 0 spiro atoms. The Labute approximate surface area is 100 Å². The lowest BCUT2D eigenvalue weighted by atomic mass is 10.4. The summed E-state index contributed by atoms with van der Waals surface area (Å²) >= 11 is 0. The molecule has 0 bridgehead atoms. The van der Waals surface area contributed by atoms with Gasteiger partial charge in [-0.1, -0.05) is 13.8 Å². The number of ether oxygens (including phenoxy) is 2. The Bertz CT molecular complexity index is 134. The molecular weight excluding hydrogens is 204 g/mol. The van der Waals surface area contributed by atoms with Crippen LogP contribution in [0, 0.1) is 0 Å². The van der Waals surface area contributed by atoms with E-state index >= 15 is 0 Å². The lowest BCUT2D eigenvalue weighted by molar-refractivity contribution is 0.0718. The summed E-state index contributed by atoms with van der Waals surface area (Å²) in [6.07, 6.45) is 1.23. The highest BCUT2D eigenvalue weighted by atomic mass is 16.5. The molecule has 0 unspecified atom stereocenters. The average molecular weight is 232 g/mol. The van der Waals surface area contributed by atoms with Gasteiger partial charge in [-0.3, -0.25) is 0 Å². The Balaban J connectivity index is 3.12. The summed E-state index contributed by atoms with van der Waals surface area (Å²) in [5.41, 5.74) is 0. The molecule has 0 aromatic carbocycles. The number of rotatable bonds is 12. The van der Waals surface area contributed by atoms with E-state index in [9.17, 15) is 0 Å². The molecule has 0 saturated carbocycles. The van der Waals surface area contributed by atoms with Gasteiger partial charge in [0.05, 0.1) is 19.8 Å². The summed E-state index contributed by atoms with van der Waals surface area (Å²) in [7, 11) is 1.69. The van der Waals surface area contributed by atoms with Gasteiger partial charge in [0.25, 0.3) is 0 Å². The van der Waals surface area contributed by atoms with Crippen LogP contribution in [0.15, 0.2) is 0 Å². The minimum Gasteiger partial charge on any atom is -0.382 e. The van der Waals surface area contributed by atoms with Crippen LogP contribution in [0.1, 0.15) is 20.3 Å². The summed E-state index contributed by atoms with van der Waals surface area (Å²) in [4.78, 5) is 2.46. The molecule has 0 amide bonds. The van der Waals surface area contributed by atoms with Gasteiger partial charge in [0.2, 0.25) is 0 Å². The van der Waals surface area contributed by atoms with Crippen molar-refractivity contribution in [2.75, 3.05) is 59.7 Å². The van der Waals surface area contributed by atoms with Crippen molar-refractivity contribution in [1.82, 2.24) is 10.2 Å². The molecule has 4 heteroatoms. The van der Waals surface area contributed by atoms with E-state index in [1.54, 1.807) is 7.11 Å². The van der Waals surface area contributed by atoms with Gasteiger partial charge in [0.15, 0.2) is 0 Å². The Morgan fingerprint density at radius 2 is 1.81 bits per heavy atom. The van der Waals surface area contributed by atoms with E-state index < -0.39 is 0 Å². The second-order valence-electron chi connectivity index (χ2n) is 3.79. The molecule has 16 heavy (non-hydrogen) atoms. The monoisotopic (exact) mass is 232 g/mol. The lowest BCUT2D eigenvalue weighted by Crippen LogP contribution is -2.33. The van der Waals surface area contributed by atoms with Crippen molar-refractivity contribution in [1.29, 1.82) is 0 Å². The summed E-state index contributed by atoms with van der Waals surface area (Å²) in [5, 5.41) is 3.38. The molecular formula is C12H28N2O2. The quantitative estimate of drug-likeness (QED) is 0.508. The Morgan fingerprint density at radius 1 is 1.00 bits per heavy atom. The number of nitrogens with zero attached hydrogens (tertiary/aromatic N) is 1. The fraction of sp³-hybridized carbons (Fsp3) is 1.00. The normalized spacial score (nSPS) is 11.2. The highest BCUT2D eigenvalue weighted by Gasteiger charge is 1.98. The molecule has 4 nitrogen and oxygen atoms in total. The summed E-state index contributed by atoms with van der Waals surface area (Å²) < 4.78 is 10.2. The van der Waals surface area contributed by atoms with Crippen molar-refractivity contribution in [3.8, 4) is 0 Å². The average Bonchev–Trinajstić information content (AvgIpc) is 2.31. The van der Waals surface area contributed by atoms with E-state index in [-0.39, 0.29) is 0 Å². The van der Waals surface area contributed by atoms with E-state index in [0.29, 0.717) is 13.2 Å². The first-order valence-corrected chi connectivity index (χ1v) is 6.34. The largest absolute Gasteiger partial charge is 0.382 e. The predicted octanol–water partition coefficient (Wildman–Crippen LogP) is 0.971. The zero-order valence-corrected chi connectivity index (χ0v) is 11.1. The third-order valence-electron chi connectivity index (χ3n) is 2.45. The van der Waals surface area contributed by atoms with Crippen molar-refractivity contribution < 1.29 is 9.47 Å². The van der Waals surface area contributed by atoms with Crippen molar-refractivity contribution in [3.63, 3.8) is 0 Å². The maximum atomic E-state index is 5.35. The van der Waals surface area contributed by atoms with Gasteiger partial charge in [-0.25, -0.2) is 0 Å². The fourth-order valence-electron chi connectivity index (χ4n) is 1.50. The summed E-state index contributed by atoms with van der Waals surface area (Å²) in [6.45, 7) is 12.0. The zero-order valence-electron chi connectivity index (χ0n) is 11.1. The van der Waals surface area contributed by atoms with Crippen LogP contribution in [0.4, 0.5) is 0 Å². The second kappa shape index (κ2) is 12.9. The number of nitrogens with one attached hydrogen (secondary N) is 1. The highest BCUT2D eigenvalue weighted by molar-refractivity contribution is 4.56. The van der Waals surface area contributed by atoms with Crippen LogP contribution in [0.3, 0.4) is 0 Å². The van der Waals surface area contributed by atoms with E-state index in [1.165, 1.54) is 13.0 Å². The molecule has 0 aromatic rings. The first-order chi connectivity index (χ1) is 7.85. The molecule has 0 saturated heterocycles. The van der Waals surface area contributed by atoms with Gasteiger partial charge in [-0.15, -0.1) is 0 Å². The number of hydrogen-bond donors (Lipinski definition) is 1. The van der Waals surface area contributed by atoms with Gasteiger partial charge in [-0.2, -0.15) is 0 Å². The van der Waals surface area contributed by atoms with Crippen LogP contribution in [0.2, 0.25) is 0 Å². The standard InChI is InChI=1S/C12H28N2O2/c1-4-8-14(5-2)9-6-13-7-10-16-12-11-15-3/h13H,4-12H2,1-3H3. The molecule has 98 valence electrons. The van der Waals surface area contributed by atoms with Crippen LogP contribution in [-0.2, 0) is 9.47 Å². The van der Waals surface area contributed by atoms with Crippen molar-refractivity contribution in [2.45, 2.75) is 20.3 Å². The number of likely N-dealkylation sites (N-methyl/N-ethyl adjacent to an activating group) is 1. The molecule has 0 aliphatic carbocycles. The summed E-state index contributed by atoms with van der Waals surface area (Å²) in [5.74, 6) is 0. The third kappa shape index (κ3) is 10.4. The molecule has 0 atom stereocenters. The predicted molar refractivity (Wildman–Crippen MR) is 68.0 cm³/mol. The van der Waals surface area contributed by atoms with Crippen molar-refractivity contribution >= 4 is 0 Å². The zero-order chi connectivity index (χ0) is 12.1. The van der Waals surface area contributed by atoms with Gasteiger partial charge in [0, 0.05) is 26.7 Å².